The summed E-state index contributed by atoms with van der Waals surface area (Å²) in [5, 5.41) is 3.26. The van der Waals surface area contributed by atoms with Gasteiger partial charge >= 0.3 is 5.97 Å². The first-order chi connectivity index (χ1) is 10.5. The van der Waals surface area contributed by atoms with Gasteiger partial charge in [0.1, 0.15) is 5.15 Å². The Labute approximate surface area is 135 Å². The molecule has 5 nitrogen and oxygen atoms in total. The quantitative estimate of drug-likeness (QED) is 0.683. The third-order valence-corrected chi connectivity index (χ3v) is 4.57. The number of hydrogen-bond acceptors (Lipinski definition) is 4. The van der Waals surface area contributed by atoms with E-state index >= 15 is 0 Å². The first-order valence-electron chi connectivity index (χ1n) is 7.55. The highest BCUT2D eigenvalue weighted by Crippen LogP contribution is 2.29. The molecule has 6 heteroatoms. The van der Waals surface area contributed by atoms with Gasteiger partial charge in [0.05, 0.1) is 5.56 Å². The van der Waals surface area contributed by atoms with Crippen LogP contribution in [0.15, 0.2) is 18.3 Å². The minimum Gasteiger partial charge on any atom is -0.452 e. The molecule has 1 saturated carbocycles. The van der Waals surface area contributed by atoms with Crippen molar-refractivity contribution in [2.24, 2.45) is 11.8 Å². The van der Waals surface area contributed by atoms with Gasteiger partial charge < -0.3 is 10.1 Å². The van der Waals surface area contributed by atoms with Gasteiger partial charge in [-0.3, -0.25) is 4.79 Å². The largest absolute Gasteiger partial charge is 0.452 e. The molecule has 22 heavy (non-hydrogen) atoms. The fourth-order valence-corrected chi connectivity index (χ4v) is 2.86. The van der Waals surface area contributed by atoms with Crippen molar-refractivity contribution in [1.29, 1.82) is 0 Å². The number of ether oxygens (including phenoxy) is 1. The molecule has 1 amide bonds. The van der Waals surface area contributed by atoms with Crippen LogP contribution in [-0.2, 0) is 9.53 Å². The number of nitrogens with zero attached hydrogens (tertiary/aromatic N) is 1. The van der Waals surface area contributed by atoms with E-state index in [1.165, 1.54) is 24.8 Å². The van der Waals surface area contributed by atoms with E-state index in [1.54, 1.807) is 0 Å². The second kappa shape index (κ2) is 7.58. The first kappa shape index (κ1) is 16.7. The van der Waals surface area contributed by atoms with E-state index in [9.17, 15) is 9.59 Å². The Morgan fingerprint density at radius 2 is 2.14 bits per heavy atom. The second-order valence-corrected chi connectivity index (χ2v) is 6.27. The van der Waals surface area contributed by atoms with Gasteiger partial charge in [0.2, 0.25) is 0 Å². The highest BCUT2D eigenvalue weighted by atomic mass is 35.5. The number of carbonyl (C=O) groups is 2. The fraction of sp³-hybridized carbons (Fsp3) is 0.562. The van der Waals surface area contributed by atoms with Crippen LogP contribution in [0.4, 0.5) is 0 Å². The summed E-state index contributed by atoms with van der Waals surface area (Å²) < 4.78 is 5.00. The van der Waals surface area contributed by atoms with Gasteiger partial charge in [-0.25, -0.2) is 9.78 Å². The zero-order chi connectivity index (χ0) is 16.1. The molecule has 1 heterocycles. The molecular weight excluding hydrogens is 304 g/mol. The lowest BCUT2D eigenvalue weighted by molar-refractivity contribution is -0.125. The SMILES string of the molecule is C[C@@H]1[C@H](C)CCC[C@@H]1NC(=O)COC(=O)c1ccc(Cl)nc1. The van der Waals surface area contributed by atoms with E-state index in [1.807, 2.05) is 0 Å². The van der Waals surface area contributed by atoms with Crippen molar-refractivity contribution in [3.63, 3.8) is 0 Å². The lowest BCUT2D eigenvalue weighted by atomic mass is 9.78. The summed E-state index contributed by atoms with van der Waals surface area (Å²) in [4.78, 5) is 27.5. The van der Waals surface area contributed by atoms with Crippen molar-refractivity contribution in [3.8, 4) is 0 Å². The average Bonchev–Trinajstić information content (AvgIpc) is 2.50. The van der Waals surface area contributed by atoms with Gasteiger partial charge in [0.25, 0.3) is 5.91 Å². The van der Waals surface area contributed by atoms with Crippen molar-refractivity contribution in [2.75, 3.05) is 6.61 Å². The maximum atomic E-state index is 11.9. The van der Waals surface area contributed by atoms with Crippen LogP contribution < -0.4 is 5.32 Å². The highest BCUT2D eigenvalue weighted by Gasteiger charge is 2.28. The van der Waals surface area contributed by atoms with Crippen molar-refractivity contribution < 1.29 is 14.3 Å². The van der Waals surface area contributed by atoms with E-state index in [4.69, 9.17) is 16.3 Å². The predicted molar refractivity (Wildman–Crippen MR) is 83.6 cm³/mol. The number of nitrogens with one attached hydrogen (secondary N) is 1. The van der Waals surface area contributed by atoms with Crippen LogP contribution in [0.5, 0.6) is 0 Å². The molecular formula is C16H21ClN2O3. The number of carbonyl (C=O) groups excluding carboxylic acids is 2. The number of esters is 1. The number of halogens is 1. The van der Waals surface area contributed by atoms with Crippen LogP contribution >= 0.6 is 11.6 Å². The van der Waals surface area contributed by atoms with Gasteiger partial charge in [-0.2, -0.15) is 0 Å². The molecule has 2 rings (SSSR count). The number of amides is 1. The number of aromatic nitrogens is 1. The topological polar surface area (TPSA) is 68.3 Å². The Kier molecular flexibility index (Phi) is 5.77. The van der Waals surface area contributed by atoms with Gasteiger partial charge in [-0.15, -0.1) is 0 Å². The Balaban J connectivity index is 1.80. The summed E-state index contributed by atoms with van der Waals surface area (Å²) in [7, 11) is 0. The Morgan fingerprint density at radius 3 is 2.82 bits per heavy atom. The molecule has 0 bridgehead atoms. The molecule has 3 atom stereocenters. The van der Waals surface area contributed by atoms with E-state index < -0.39 is 5.97 Å². The van der Waals surface area contributed by atoms with E-state index in [0.717, 1.165) is 12.8 Å². The average molecular weight is 325 g/mol. The molecule has 1 aliphatic carbocycles. The molecule has 0 radical (unpaired) electrons. The van der Waals surface area contributed by atoms with Crippen molar-refractivity contribution in [3.05, 3.63) is 29.0 Å². The lowest BCUT2D eigenvalue weighted by Crippen LogP contribution is -2.45. The summed E-state index contributed by atoms with van der Waals surface area (Å²) in [5.41, 5.74) is 0.275. The number of rotatable bonds is 4. The molecule has 0 aliphatic heterocycles. The monoisotopic (exact) mass is 324 g/mol. The normalized spacial score (nSPS) is 24.6. The minimum atomic E-state index is -0.579. The summed E-state index contributed by atoms with van der Waals surface area (Å²) in [5.74, 6) is 0.196. The van der Waals surface area contributed by atoms with Gasteiger partial charge in [-0.05, 0) is 30.4 Å². The van der Waals surface area contributed by atoms with Crippen molar-refractivity contribution in [1.82, 2.24) is 10.3 Å². The van der Waals surface area contributed by atoms with Crippen LogP contribution in [0, 0.1) is 11.8 Å². The van der Waals surface area contributed by atoms with Crippen LogP contribution in [0.1, 0.15) is 43.5 Å². The standard InChI is InChI=1S/C16H21ClN2O3/c1-10-4-3-5-13(11(10)2)19-15(20)9-22-16(21)12-6-7-14(17)18-8-12/h6-8,10-11,13H,3-5,9H2,1-2H3,(H,19,20)/t10-,11-,13+/m1/s1. The Hall–Kier alpha value is -1.62. The van der Waals surface area contributed by atoms with Gasteiger partial charge in [0.15, 0.2) is 6.61 Å². The third-order valence-electron chi connectivity index (χ3n) is 4.35. The first-order valence-corrected chi connectivity index (χ1v) is 7.93. The van der Waals surface area contributed by atoms with Crippen LogP contribution in [0.2, 0.25) is 5.15 Å². The zero-order valence-electron chi connectivity index (χ0n) is 12.8. The molecule has 1 aromatic heterocycles. The molecule has 1 aliphatic rings. The Bertz CT molecular complexity index is 533. The number of hydrogen-bond donors (Lipinski definition) is 1. The van der Waals surface area contributed by atoms with E-state index in [0.29, 0.717) is 17.0 Å². The molecule has 1 fully saturated rings. The molecule has 0 saturated heterocycles. The third kappa shape index (κ3) is 4.44. The molecule has 0 aromatic carbocycles. The van der Waals surface area contributed by atoms with Gasteiger partial charge in [-0.1, -0.05) is 38.3 Å². The smallest absolute Gasteiger partial charge is 0.340 e. The second-order valence-electron chi connectivity index (χ2n) is 5.89. The predicted octanol–water partition coefficient (Wildman–Crippen LogP) is 2.83. The van der Waals surface area contributed by atoms with E-state index in [-0.39, 0.29) is 24.1 Å². The van der Waals surface area contributed by atoms with Crippen molar-refractivity contribution in [2.45, 2.75) is 39.2 Å². The van der Waals surface area contributed by atoms with Crippen LogP contribution in [0.3, 0.4) is 0 Å². The lowest BCUT2D eigenvalue weighted by Gasteiger charge is -2.34. The van der Waals surface area contributed by atoms with Crippen LogP contribution in [0.25, 0.3) is 0 Å². The molecule has 1 aromatic rings. The van der Waals surface area contributed by atoms with Crippen LogP contribution in [-0.4, -0.2) is 29.5 Å². The van der Waals surface area contributed by atoms with Crippen molar-refractivity contribution >= 4 is 23.5 Å². The Morgan fingerprint density at radius 1 is 1.36 bits per heavy atom. The maximum absolute atomic E-state index is 11.9. The maximum Gasteiger partial charge on any atom is 0.340 e. The molecule has 120 valence electrons. The summed E-state index contributed by atoms with van der Waals surface area (Å²) in [6, 6.07) is 3.18. The fourth-order valence-electron chi connectivity index (χ4n) is 2.75. The summed E-state index contributed by atoms with van der Waals surface area (Å²) in [6.07, 6.45) is 4.62. The van der Waals surface area contributed by atoms with E-state index in [2.05, 4.69) is 24.1 Å². The summed E-state index contributed by atoms with van der Waals surface area (Å²) >= 11 is 5.65. The highest BCUT2D eigenvalue weighted by molar-refractivity contribution is 6.29. The molecule has 0 spiro atoms. The number of pyridine rings is 1. The summed E-state index contributed by atoms with van der Waals surface area (Å²) in [6.45, 7) is 4.08. The van der Waals surface area contributed by atoms with Gasteiger partial charge in [0, 0.05) is 12.2 Å². The molecule has 1 N–H and O–H groups in total. The minimum absolute atomic E-state index is 0.159. The molecule has 0 unspecified atom stereocenters. The zero-order valence-corrected chi connectivity index (χ0v) is 13.6.